The van der Waals surface area contributed by atoms with Gasteiger partial charge in [-0.1, -0.05) is 35.5 Å². The molecule has 1 aromatic carbocycles. The molecule has 23 heavy (non-hydrogen) atoms. The molecule has 1 N–H and O–H groups in total. The predicted octanol–water partition coefficient (Wildman–Crippen LogP) is 2.48. The fourth-order valence-corrected chi connectivity index (χ4v) is 2.40. The van der Waals surface area contributed by atoms with Crippen LogP contribution in [0.5, 0.6) is 11.6 Å². The Bertz CT molecular complexity index is 779. The summed E-state index contributed by atoms with van der Waals surface area (Å²) in [5.41, 5.74) is 0.795. The topological polar surface area (TPSA) is 88.8 Å². The number of amidine groups is 1. The fourth-order valence-electron chi connectivity index (χ4n) is 1.66. The van der Waals surface area contributed by atoms with Crippen LogP contribution in [0.2, 0.25) is 5.15 Å². The number of hydrogen-bond donors (Lipinski definition) is 1. The highest BCUT2D eigenvalue weighted by Crippen LogP contribution is 2.20. The van der Waals surface area contributed by atoms with E-state index in [1.54, 1.807) is 30.5 Å². The number of benzene rings is 1. The zero-order valence-corrected chi connectivity index (χ0v) is 13.2. The van der Waals surface area contributed by atoms with Gasteiger partial charge in [-0.05, 0) is 23.8 Å². The molecule has 0 saturated carbocycles. The molecule has 3 rings (SSSR count). The van der Waals surface area contributed by atoms with Crippen LogP contribution in [-0.4, -0.2) is 33.2 Å². The first-order valence-electron chi connectivity index (χ1n) is 6.50. The van der Waals surface area contributed by atoms with Gasteiger partial charge >= 0.3 is 0 Å². The summed E-state index contributed by atoms with van der Waals surface area (Å²) in [4.78, 5) is 11.0. The summed E-state index contributed by atoms with van der Waals surface area (Å²) in [6.07, 6.45) is 1.57. The molecular weight excluding hydrogens is 338 g/mol. The summed E-state index contributed by atoms with van der Waals surface area (Å²) < 4.78 is 5.58. The summed E-state index contributed by atoms with van der Waals surface area (Å²) in [5, 5.41) is 18.8. The van der Waals surface area contributed by atoms with Gasteiger partial charge in [0.05, 0.1) is 12.0 Å². The van der Waals surface area contributed by atoms with E-state index in [1.807, 2.05) is 12.1 Å². The number of carbonyl (C=O) groups excluding carboxylic acids is 1. The Morgan fingerprint density at radius 3 is 2.96 bits per heavy atom. The molecule has 1 saturated heterocycles. The number of nitrogens with one attached hydrogen (secondary N) is 1. The van der Waals surface area contributed by atoms with Gasteiger partial charge in [0, 0.05) is 6.07 Å². The number of aromatic nitrogens is 2. The van der Waals surface area contributed by atoms with Crippen LogP contribution in [0.1, 0.15) is 5.56 Å². The van der Waals surface area contributed by atoms with Crippen molar-refractivity contribution in [3.05, 3.63) is 47.1 Å². The molecule has 0 spiro atoms. The maximum atomic E-state index is 11.0. The second kappa shape index (κ2) is 7.21. The lowest BCUT2D eigenvalue weighted by Gasteiger charge is -2.04. The number of nitrogens with zero attached hydrogens (tertiary/aromatic N) is 4. The van der Waals surface area contributed by atoms with Gasteiger partial charge in [0.15, 0.2) is 10.3 Å². The molecule has 1 aliphatic rings. The van der Waals surface area contributed by atoms with Crippen LogP contribution in [0.3, 0.4) is 0 Å². The zero-order valence-electron chi connectivity index (χ0n) is 11.6. The molecule has 2 heterocycles. The smallest absolute Gasteiger partial charge is 0.238 e. The third-order valence-electron chi connectivity index (χ3n) is 2.63. The largest absolute Gasteiger partial charge is 0.438 e. The summed E-state index contributed by atoms with van der Waals surface area (Å²) in [6.45, 7) is 0. The first kappa shape index (κ1) is 15.4. The van der Waals surface area contributed by atoms with E-state index < -0.39 is 0 Å². The van der Waals surface area contributed by atoms with Gasteiger partial charge in [0.2, 0.25) is 11.8 Å². The van der Waals surface area contributed by atoms with E-state index in [9.17, 15) is 4.79 Å². The average Bonchev–Trinajstić information content (AvgIpc) is 2.96. The van der Waals surface area contributed by atoms with Gasteiger partial charge in [-0.3, -0.25) is 4.79 Å². The molecule has 1 aliphatic heterocycles. The molecule has 116 valence electrons. The van der Waals surface area contributed by atoms with Crippen molar-refractivity contribution in [1.82, 2.24) is 15.5 Å². The van der Waals surface area contributed by atoms with Crippen LogP contribution < -0.4 is 10.1 Å². The van der Waals surface area contributed by atoms with E-state index in [-0.39, 0.29) is 5.91 Å². The van der Waals surface area contributed by atoms with Gasteiger partial charge in [0.25, 0.3) is 0 Å². The minimum atomic E-state index is -0.0663. The van der Waals surface area contributed by atoms with E-state index in [0.717, 1.165) is 5.56 Å². The van der Waals surface area contributed by atoms with E-state index in [4.69, 9.17) is 16.3 Å². The third kappa shape index (κ3) is 4.51. The van der Waals surface area contributed by atoms with Crippen molar-refractivity contribution in [2.45, 2.75) is 0 Å². The van der Waals surface area contributed by atoms with Crippen molar-refractivity contribution >= 4 is 40.7 Å². The maximum absolute atomic E-state index is 11.0. The molecule has 1 aromatic heterocycles. The zero-order chi connectivity index (χ0) is 16.1. The van der Waals surface area contributed by atoms with Crippen molar-refractivity contribution in [1.29, 1.82) is 0 Å². The lowest BCUT2D eigenvalue weighted by atomic mass is 10.2. The predicted molar refractivity (Wildman–Crippen MR) is 89.2 cm³/mol. The fraction of sp³-hybridized carbons (Fsp3) is 0.0714. The molecule has 0 aliphatic carbocycles. The molecule has 9 heteroatoms. The normalized spacial score (nSPS) is 16.0. The second-order valence-corrected chi connectivity index (χ2v) is 5.71. The van der Waals surface area contributed by atoms with Crippen molar-refractivity contribution in [3.63, 3.8) is 0 Å². The number of halogens is 1. The summed E-state index contributed by atoms with van der Waals surface area (Å²) in [6, 6.07) is 10.5. The average molecular weight is 348 g/mol. The molecular formula is C14H10ClN5O2S. The van der Waals surface area contributed by atoms with Crippen LogP contribution in [0.15, 0.2) is 46.6 Å². The Balaban J connectivity index is 1.67. The molecule has 1 fully saturated rings. The Hall–Kier alpha value is -2.45. The number of amides is 1. The van der Waals surface area contributed by atoms with Crippen LogP contribution in [0.4, 0.5) is 0 Å². The Labute approximate surface area is 140 Å². The highest BCUT2D eigenvalue weighted by atomic mass is 35.5. The molecule has 0 atom stereocenters. The first-order chi connectivity index (χ1) is 11.2. The van der Waals surface area contributed by atoms with Crippen molar-refractivity contribution in [2.75, 3.05) is 5.75 Å². The quantitative estimate of drug-likeness (QED) is 0.678. The number of rotatable bonds is 4. The summed E-state index contributed by atoms with van der Waals surface area (Å²) >= 11 is 6.99. The summed E-state index contributed by atoms with van der Waals surface area (Å²) in [7, 11) is 0. The minimum Gasteiger partial charge on any atom is -0.438 e. The number of thioether (sulfide) groups is 1. The van der Waals surface area contributed by atoms with Crippen LogP contribution in [0, 0.1) is 0 Å². The van der Waals surface area contributed by atoms with E-state index in [0.29, 0.717) is 27.7 Å². The standard InChI is InChI=1S/C14H10ClN5O2S/c15-11-4-5-13(19-18-11)22-10-3-1-2-9(6-10)7-16-20-14-17-12(21)8-23-14/h1-7H,8H2,(H,17,20,21). The van der Waals surface area contributed by atoms with Crippen molar-refractivity contribution in [2.24, 2.45) is 10.2 Å². The highest BCUT2D eigenvalue weighted by Gasteiger charge is 2.15. The minimum absolute atomic E-state index is 0.0663. The Morgan fingerprint density at radius 1 is 1.30 bits per heavy atom. The maximum Gasteiger partial charge on any atom is 0.238 e. The number of hydrogen-bond acceptors (Lipinski definition) is 7. The van der Waals surface area contributed by atoms with Gasteiger partial charge in [-0.15, -0.1) is 15.3 Å². The van der Waals surface area contributed by atoms with E-state index in [2.05, 4.69) is 25.7 Å². The Morgan fingerprint density at radius 2 is 2.22 bits per heavy atom. The van der Waals surface area contributed by atoms with Crippen LogP contribution in [-0.2, 0) is 4.79 Å². The molecule has 0 radical (unpaired) electrons. The van der Waals surface area contributed by atoms with Gasteiger partial charge in [-0.2, -0.15) is 5.10 Å². The highest BCUT2D eigenvalue weighted by molar-refractivity contribution is 8.15. The molecule has 2 aromatic rings. The van der Waals surface area contributed by atoms with E-state index >= 15 is 0 Å². The number of carbonyl (C=O) groups is 1. The van der Waals surface area contributed by atoms with Gasteiger partial charge in [-0.25, -0.2) is 0 Å². The SMILES string of the molecule is O=C1CSC(=NN=Cc2cccc(Oc3ccc(Cl)nn3)c2)N1. The molecule has 1 amide bonds. The van der Waals surface area contributed by atoms with Gasteiger partial charge in [0.1, 0.15) is 5.75 Å². The summed E-state index contributed by atoms with van der Waals surface area (Å²) in [5.74, 6) is 1.23. The van der Waals surface area contributed by atoms with Gasteiger partial charge < -0.3 is 10.1 Å². The van der Waals surface area contributed by atoms with E-state index in [1.165, 1.54) is 11.8 Å². The monoisotopic (exact) mass is 347 g/mol. The van der Waals surface area contributed by atoms with Crippen LogP contribution >= 0.6 is 23.4 Å². The Kier molecular flexibility index (Phi) is 4.84. The lowest BCUT2D eigenvalue weighted by Crippen LogP contribution is -2.19. The van der Waals surface area contributed by atoms with Crippen LogP contribution in [0.25, 0.3) is 0 Å². The molecule has 0 bridgehead atoms. The second-order valence-electron chi connectivity index (χ2n) is 4.36. The molecule has 0 unspecified atom stereocenters. The first-order valence-corrected chi connectivity index (χ1v) is 7.86. The lowest BCUT2D eigenvalue weighted by molar-refractivity contribution is -0.116. The van der Waals surface area contributed by atoms with Crippen molar-refractivity contribution in [3.8, 4) is 11.6 Å². The van der Waals surface area contributed by atoms with Crippen molar-refractivity contribution < 1.29 is 9.53 Å². The third-order valence-corrected chi connectivity index (χ3v) is 3.69. The molecule has 7 nitrogen and oxygen atoms in total. The number of ether oxygens (including phenoxy) is 1.